The first-order chi connectivity index (χ1) is 9.69. The van der Waals surface area contributed by atoms with E-state index >= 15 is 0 Å². The Bertz CT molecular complexity index is 594. The van der Waals surface area contributed by atoms with Gasteiger partial charge in [-0.05, 0) is 49.1 Å². The molecule has 1 unspecified atom stereocenters. The molecule has 0 saturated heterocycles. The first-order valence-corrected chi connectivity index (χ1v) is 6.96. The van der Waals surface area contributed by atoms with E-state index in [0.717, 1.165) is 13.0 Å². The van der Waals surface area contributed by atoms with Crippen molar-refractivity contribution in [3.8, 4) is 6.07 Å². The van der Waals surface area contributed by atoms with E-state index in [-0.39, 0.29) is 0 Å². The second-order valence-corrected chi connectivity index (χ2v) is 5.22. The van der Waals surface area contributed by atoms with Gasteiger partial charge in [0.15, 0.2) is 0 Å². The highest BCUT2D eigenvalue weighted by molar-refractivity contribution is 5.31. The minimum Gasteiger partial charge on any atom is -0.310 e. The fraction of sp³-hybridized carbons (Fsp3) is 0.278. The van der Waals surface area contributed by atoms with Crippen LogP contribution in [0.1, 0.15) is 29.2 Å². The second-order valence-electron chi connectivity index (χ2n) is 5.22. The number of hydrogen-bond donors (Lipinski definition) is 1. The van der Waals surface area contributed by atoms with Crippen molar-refractivity contribution < 1.29 is 0 Å². The molecule has 0 radical (unpaired) electrons. The highest BCUT2D eigenvalue weighted by atomic mass is 14.9. The van der Waals surface area contributed by atoms with Gasteiger partial charge in [0, 0.05) is 12.6 Å². The number of benzene rings is 2. The van der Waals surface area contributed by atoms with Gasteiger partial charge >= 0.3 is 0 Å². The van der Waals surface area contributed by atoms with Crippen molar-refractivity contribution in [2.24, 2.45) is 0 Å². The number of nitrogens with zero attached hydrogens (tertiary/aromatic N) is 1. The van der Waals surface area contributed by atoms with Crippen molar-refractivity contribution in [1.82, 2.24) is 5.32 Å². The molecule has 1 atom stereocenters. The summed E-state index contributed by atoms with van der Waals surface area (Å²) < 4.78 is 0. The molecular weight excluding hydrogens is 244 g/mol. The third-order valence-corrected chi connectivity index (χ3v) is 3.53. The van der Waals surface area contributed by atoms with E-state index in [1.165, 1.54) is 16.7 Å². The molecule has 0 aliphatic carbocycles. The van der Waals surface area contributed by atoms with Crippen LogP contribution in [0.3, 0.4) is 0 Å². The van der Waals surface area contributed by atoms with Gasteiger partial charge in [0.05, 0.1) is 11.6 Å². The van der Waals surface area contributed by atoms with Crippen LogP contribution in [0.4, 0.5) is 0 Å². The zero-order chi connectivity index (χ0) is 14.4. The van der Waals surface area contributed by atoms with Crippen LogP contribution in [0, 0.1) is 18.3 Å². The molecule has 0 bridgehead atoms. The van der Waals surface area contributed by atoms with E-state index in [9.17, 15) is 0 Å². The van der Waals surface area contributed by atoms with Crippen molar-refractivity contribution in [3.05, 3.63) is 70.8 Å². The number of aryl methyl sites for hydroxylation is 1. The van der Waals surface area contributed by atoms with Crippen LogP contribution >= 0.6 is 0 Å². The standard InChI is InChI=1S/C18H20N2/c1-14-5-3-4-6-18(14)11-15(2)20-13-17-9-7-16(12-19)8-10-17/h3-10,15,20H,11,13H2,1-2H3. The molecule has 2 aromatic carbocycles. The number of rotatable bonds is 5. The van der Waals surface area contributed by atoms with Crippen LogP contribution in [0.5, 0.6) is 0 Å². The predicted octanol–water partition coefficient (Wildman–Crippen LogP) is 3.59. The van der Waals surface area contributed by atoms with Crippen molar-refractivity contribution >= 4 is 0 Å². The molecule has 0 aromatic heterocycles. The first kappa shape index (κ1) is 14.3. The topological polar surface area (TPSA) is 35.8 Å². The lowest BCUT2D eigenvalue weighted by atomic mass is 10.0. The van der Waals surface area contributed by atoms with Gasteiger partial charge in [0.25, 0.3) is 0 Å². The van der Waals surface area contributed by atoms with Crippen LogP contribution in [0.2, 0.25) is 0 Å². The number of nitriles is 1. The number of nitrogens with one attached hydrogen (secondary N) is 1. The first-order valence-electron chi connectivity index (χ1n) is 6.96. The fourth-order valence-corrected chi connectivity index (χ4v) is 2.23. The summed E-state index contributed by atoms with van der Waals surface area (Å²) in [6.07, 6.45) is 1.03. The Labute approximate surface area is 121 Å². The Morgan fingerprint density at radius 1 is 1.10 bits per heavy atom. The Morgan fingerprint density at radius 3 is 2.45 bits per heavy atom. The molecule has 1 N–H and O–H groups in total. The molecule has 0 amide bonds. The van der Waals surface area contributed by atoms with E-state index < -0.39 is 0 Å². The summed E-state index contributed by atoms with van der Waals surface area (Å²) in [5.74, 6) is 0. The third-order valence-electron chi connectivity index (χ3n) is 3.53. The van der Waals surface area contributed by atoms with Crippen LogP contribution in [-0.4, -0.2) is 6.04 Å². The fourth-order valence-electron chi connectivity index (χ4n) is 2.23. The lowest BCUT2D eigenvalue weighted by molar-refractivity contribution is 0.544. The molecule has 2 heteroatoms. The average Bonchev–Trinajstić information content (AvgIpc) is 2.48. The Morgan fingerprint density at radius 2 is 1.80 bits per heavy atom. The van der Waals surface area contributed by atoms with Crippen LogP contribution in [0.25, 0.3) is 0 Å². The summed E-state index contributed by atoms with van der Waals surface area (Å²) >= 11 is 0. The monoisotopic (exact) mass is 264 g/mol. The van der Waals surface area contributed by atoms with E-state index in [4.69, 9.17) is 5.26 Å². The van der Waals surface area contributed by atoms with Crippen molar-refractivity contribution in [1.29, 1.82) is 5.26 Å². The van der Waals surface area contributed by atoms with Gasteiger partial charge in [-0.25, -0.2) is 0 Å². The molecule has 0 aliphatic rings. The average molecular weight is 264 g/mol. The summed E-state index contributed by atoms with van der Waals surface area (Å²) in [5.41, 5.74) is 4.66. The summed E-state index contributed by atoms with van der Waals surface area (Å²) in [5, 5.41) is 12.3. The van der Waals surface area contributed by atoms with Crippen LogP contribution in [0.15, 0.2) is 48.5 Å². The summed E-state index contributed by atoms with van der Waals surface area (Å²) in [7, 11) is 0. The largest absolute Gasteiger partial charge is 0.310 e. The normalized spacial score (nSPS) is 11.8. The second kappa shape index (κ2) is 6.88. The maximum atomic E-state index is 8.77. The molecule has 0 aliphatic heterocycles. The lowest BCUT2D eigenvalue weighted by Gasteiger charge is -2.15. The molecular formula is C18H20N2. The Hall–Kier alpha value is -2.11. The smallest absolute Gasteiger partial charge is 0.0991 e. The highest BCUT2D eigenvalue weighted by Gasteiger charge is 2.05. The summed E-state index contributed by atoms with van der Waals surface area (Å²) in [4.78, 5) is 0. The maximum absolute atomic E-state index is 8.77. The SMILES string of the molecule is Cc1ccccc1CC(C)NCc1ccc(C#N)cc1. The molecule has 20 heavy (non-hydrogen) atoms. The van der Waals surface area contributed by atoms with Gasteiger partial charge in [-0.15, -0.1) is 0 Å². The van der Waals surface area contributed by atoms with Crippen molar-refractivity contribution in [3.63, 3.8) is 0 Å². The minimum absolute atomic E-state index is 0.423. The minimum atomic E-state index is 0.423. The van der Waals surface area contributed by atoms with E-state index in [1.54, 1.807) is 0 Å². The van der Waals surface area contributed by atoms with Crippen molar-refractivity contribution in [2.75, 3.05) is 0 Å². The maximum Gasteiger partial charge on any atom is 0.0991 e. The van der Waals surface area contributed by atoms with Gasteiger partial charge in [-0.3, -0.25) is 0 Å². The molecule has 2 rings (SSSR count). The predicted molar refractivity (Wildman–Crippen MR) is 82.3 cm³/mol. The molecule has 0 heterocycles. The van der Waals surface area contributed by atoms with E-state index in [1.807, 2.05) is 24.3 Å². The highest BCUT2D eigenvalue weighted by Crippen LogP contribution is 2.10. The molecule has 2 aromatic rings. The molecule has 0 spiro atoms. The van der Waals surface area contributed by atoms with Gasteiger partial charge < -0.3 is 5.32 Å². The summed E-state index contributed by atoms with van der Waals surface area (Å²) in [6.45, 7) is 5.19. The molecule has 102 valence electrons. The Kier molecular flexibility index (Phi) is 4.92. The third kappa shape index (κ3) is 3.94. The quantitative estimate of drug-likeness (QED) is 0.896. The van der Waals surface area contributed by atoms with Gasteiger partial charge in [0.1, 0.15) is 0 Å². The number of hydrogen-bond acceptors (Lipinski definition) is 2. The van der Waals surface area contributed by atoms with Gasteiger partial charge in [0.2, 0.25) is 0 Å². The van der Waals surface area contributed by atoms with Crippen molar-refractivity contribution in [2.45, 2.75) is 32.9 Å². The molecule has 0 fully saturated rings. The summed E-state index contributed by atoms with van der Waals surface area (Å²) in [6, 6.07) is 18.8. The zero-order valence-corrected chi connectivity index (χ0v) is 12.1. The molecule has 2 nitrogen and oxygen atoms in total. The van der Waals surface area contributed by atoms with Gasteiger partial charge in [-0.2, -0.15) is 5.26 Å². The van der Waals surface area contributed by atoms with E-state index in [0.29, 0.717) is 11.6 Å². The van der Waals surface area contributed by atoms with Crippen LogP contribution in [-0.2, 0) is 13.0 Å². The zero-order valence-electron chi connectivity index (χ0n) is 12.1. The van der Waals surface area contributed by atoms with E-state index in [2.05, 4.69) is 49.5 Å². The van der Waals surface area contributed by atoms with Crippen LogP contribution < -0.4 is 5.32 Å². The lowest BCUT2D eigenvalue weighted by Crippen LogP contribution is -2.27. The molecule has 0 saturated carbocycles. The van der Waals surface area contributed by atoms with Gasteiger partial charge in [-0.1, -0.05) is 36.4 Å². The Balaban J connectivity index is 1.87.